The molecule has 2 aliphatic rings. The summed E-state index contributed by atoms with van der Waals surface area (Å²) in [5.74, 6) is 2.25. The molecule has 0 aliphatic carbocycles. The molecule has 6 rings (SSSR count). The van der Waals surface area contributed by atoms with Crippen LogP contribution < -0.4 is 10.1 Å². The minimum absolute atomic E-state index is 0.00492. The summed E-state index contributed by atoms with van der Waals surface area (Å²) in [5, 5.41) is 18.3. The molecule has 0 bridgehead atoms. The molecular formula is C28H29N5O4. The number of aromatic amines is 1. The van der Waals surface area contributed by atoms with Crippen LogP contribution in [0.3, 0.4) is 0 Å². The number of aromatic nitrogens is 2. The second-order valence-electron chi connectivity index (χ2n) is 9.70. The molecule has 9 nitrogen and oxygen atoms in total. The van der Waals surface area contributed by atoms with Gasteiger partial charge in [0.15, 0.2) is 0 Å². The van der Waals surface area contributed by atoms with E-state index in [0.717, 1.165) is 62.7 Å². The van der Waals surface area contributed by atoms with E-state index >= 15 is 0 Å². The first-order chi connectivity index (χ1) is 17.9. The average molecular weight is 500 g/mol. The van der Waals surface area contributed by atoms with Crippen molar-refractivity contribution in [3.05, 3.63) is 64.5 Å². The Morgan fingerprint density at radius 1 is 1.24 bits per heavy atom. The Kier molecular flexibility index (Phi) is 5.43. The predicted molar refractivity (Wildman–Crippen MR) is 141 cm³/mol. The number of hydrogen-bond donors (Lipinski definition) is 3. The number of rotatable bonds is 4. The lowest BCUT2D eigenvalue weighted by Crippen LogP contribution is -2.43. The van der Waals surface area contributed by atoms with Gasteiger partial charge in [0.2, 0.25) is 0 Å². The van der Waals surface area contributed by atoms with Gasteiger partial charge in [0.25, 0.3) is 0 Å². The number of aryl methyl sites for hydroxylation is 2. The summed E-state index contributed by atoms with van der Waals surface area (Å²) in [7, 11) is 1.65. The van der Waals surface area contributed by atoms with Crippen LogP contribution in [0.25, 0.3) is 22.0 Å². The molecule has 0 saturated carbocycles. The molecule has 37 heavy (non-hydrogen) atoms. The molecule has 2 atom stereocenters. The Morgan fingerprint density at radius 2 is 2.05 bits per heavy atom. The largest absolute Gasteiger partial charge is 0.496 e. The highest BCUT2D eigenvalue weighted by molar-refractivity contribution is 6.16. The number of amidine groups is 1. The fourth-order valence-corrected chi connectivity index (χ4v) is 5.79. The topological polar surface area (TPSA) is 116 Å². The molecule has 190 valence electrons. The van der Waals surface area contributed by atoms with Gasteiger partial charge in [-0.2, -0.15) is 0 Å². The number of carboxylic acid groups (broad SMARTS) is 1. The van der Waals surface area contributed by atoms with Crippen LogP contribution in [-0.4, -0.2) is 51.8 Å². The van der Waals surface area contributed by atoms with Gasteiger partial charge >= 0.3 is 5.97 Å². The van der Waals surface area contributed by atoms with Crippen molar-refractivity contribution < 1.29 is 19.2 Å². The molecule has 2 aliphatic heterocycles. The number of methoxy groups -OCH3 is 1. The third-order valence-corrected chi connectivity index (χ3v) is 7.37. The van der Waals surface area contributed by atoms with Crippen molar-refractivity contribution in [3.63, 3.8) is 0 Å². The van der Waals surface area contributed by atoms with Crippen LogP contribution in [-0.2, 0) is 11.2 Å². The highest BCUT2D eigenvalue weighted by atomic mass is 16.5. The maximum absolute atomic E-state index is 12.0. The predicted octanol–water partition coefficient (Wildman–Crippen LogP) is 5.04. The number of carboxylic acids is 1. The number of nitrogens with one attached hydrogen (secondary N) is 2. The van der Waals surface area contributed by atoms with Crippen LogP contribution >= 0.6 is 0 Å². The SMILES string of the molecule is COc1cc2c3c([nH]c2cc1-c1c(C)noc1C)NC(C)N=C3N1CCc2ccccc2C1CC(=O)O. The first-order valence-corrected chi connectivity index (χ1v) is 12.4. The van der Waals surface area contributed by atoms with Gasteiger partial charge in [-0.15, -0.1) is 0 Å². The number of benzene rings is 2. The molecule has 4 heterocycles. The van der Waals surface area contributed by atoms with Gasteiger partial charge in [-0.05, 0) is 50.5 Å². The Labute approximate surface area is 214 Å². The Hall–Kier alpha value is -4.27. The molecule has 3 N–H and O–H groups in total. The van der Waals surface area contributed by atoms with Crippen molar-refractivity contribution in [2.24, 2.45) is 4.99 Å². The molecular weight excluding hydrogens is 470 g/mol. The number of aliphatic imine (C=N–C) groups is 1. The highest BCUT2D eigenvalue weighted by Crippen LogP contribution is 2.43. The Bertz CT molecular complexity index is 1550. The smallest absolute Gasteiger partial charge is 0.305 e. The van der Waals surface area contributed by atoms with Gasteiger partial charge in [0, 0.05) is 23.0 Å². The van der Waals surface area contributed by atoms with E-state index in [1.807, 2.05) is 45.0 Å². The van der Waals surface area contributed by atoms with Crippen molar-refractivity contribution in [3.8, 4) is 16.9 Å². The van der Waals surface area contributed by atoms with E-state index in [1.54, 1.807) is 7.11 Å². The molecule has 4 aromatic rings. The van der Waals surface area contributed by atoms with Gasteiger partial charge in [-0.25, -0.2) is 4.99 Å². The fourth-order valence-electron chi connectivity index (χ4n) is 5.79. The Morgan fingerprint density at radius 3 is 2.78 bits per heavy atom. The van der Waals surface area contributed by atoms with E-state index in [0.29, 0.717) is 12.3 Å². The average Bonchev–Trinajstić information content (AvgIpc) is 3.40. The zero-order chi connectivity index (χ0) is 25.8. The molecule has 2 aromatic heterocycles. The molecule has 9 heteroatoms. The minimum Gasteiger partial charge on any atom is -0.496 e. The zero-order valence-corrected chi connectivity index (χ0v) is 21.3. The third-order valence-electron chi connectivity index (χ3n) is 7.37. The number of hydrogen-bond acceptors (Lipinski definition) is 7. The van der Waals surface area contributed by atoms with Crippen molar-refractivity contribution in [2.75, 3.05) is 19.0 Å². The molecule has 0 amide bonds. The maximum atomic E-state index is 12.0. The minimum atomic E-state index is -0.834. The molecule has 0 spiro atoms. The summed E-state index contributed by atoms with van der Waals surface area (Å²) in [4.78, 5) is 22.7. The molecule has 2 aromatic carbocycles. The quantitative estimate of drug-likeness (QED) is 0.360. The number of nitrogens with zero attached hydrogens (tertiary/aromatic N) is 3. The lowest BCUT2D eigenvalue weighted by atomic mass is 9.89. The van der Waals surface area contributed by atoms with E-state index in [4.69, 9.17) is 14.3 Å². The molecule has 2 unspecified atom stereocenters. The number of anilines is 1. The normalized spacial score (nSPS) is 18.7. The second kappa shape index (κ2) is 8.69. The second-order valence-corrected chi connectivity index (χ2v) is 9.70. The maximum Gasteiger partial charge on any atom is 0.305 e. The van der Waals surface area contributed by atoms with Crippen molar-refractivity contribution in [1.82, 2.24) is 15.0 Å². The summed E-state index contributed by atoms with van der Waals surface area (Å²) in [6.45, 7) is 6.48. The van der Waals surface area contributed by atoms with Crippen LogP contribution in [0.2, 0.25) is 0 Å². The van der Waals surface area contributed by atoms with Gasteiger partial charge in [-0.3, -0.25) is 4.79 Å². The summed E-state index contributed by atoms with van der Waals surface area (Å²) in [5.41, 5.74) is 6.68. The number of fused-ring (bicyclic) bond motifs is 4. The third kappa shape index (κ3) is 3.73. The Balaban J connectivity index is 1.52. The van der Waals surface area contributed by atoms with E-state index in [9.17, 15) is 9.90 Å². The van der Waals surface area contributed by atoms with Crippen molar-refractivity contribution in [1.29, 1.82) is 0 Å². The van der Waals surface area contributed by atoms with E-state index < -0.39 is 5.97 Å². The summed E-state index contributed by atoms with van der Waals surface area (Å²) >= 11 is 0. The first kappa shape index (κ1) is 23.1. The number of carbonyl (C=O) groups is 1. The van der Waals surface area contributed by atoms with Crippen LogP contribution in [0.15, 0.2) is 45.9 Å². The van der Waals surface area contributed by atoms with Gasteiger partial charge in [0.05, 0.1) is 36.4 Å². The molecule has 0 fully saturated rings. The summed E-state index contributed by atoms with van der Waals surface area (Å²) < 4.78 is 11.3. The standard InChI is InChI=1S/C28H29N5O4/c1-14-25(15(2)37-32-14)20-11-21-19(12-23(20)36-4)26-27(31-21)29-16(3)30-28(26)33-10-9-17-7-5-6-8-18(17)22(33)13-24(34)35/h5-8,11-12,16,22,29,31H,9-10,13H2,1-4H3,(H,34,35). The monoisotopic (exact) mass is 499 g/mol. The fraction of sp³-hybridized carbons (Fsp3) is 0.321. The van der Waals surface area contributed by atoms with Gasteiger partial charge < -0.3 is 29.6 Å². The van der Waals surface area contributed by atoms with Crippen molar-refractivity contribution in [2.45, 2.75) is 45.8 Å². The van der Waals surface area contributed by atoms with Crippen LogP contribution in [0, 0.1) is 13.8 Å². The van der Waals surface area contributed by atoms with Crippen LogP contribution in [0.1, 0.15) is 47.5 Å². The number of ether oxygens (including phenoxy) is 1. The van der Waals surface area contributed by atoms with Crippen LogP contribution in [0.4, 0.5) is 5.82 Å². The number of aliphatic carboxylic acids is 1. The van der Waals surface area contributed by atoms with Crippen LogP contribution in [0.5, 0.6) is 5.75 Å². The van der Waals surface area contributed by atoms with E-state index in [2.05, 4.69) is 32.5 Å². The van der Waals surface area contributed by atoms with E-state index in [-0.39, 0.29) is 18.6 Å². The lowest BCUT2D eigenvalue weighted by molar-refractivity contribution is -0.138. The molecule has 0 radical (unpaired) electrons. The lowest BCUT2D eigenvalue weighted by Gasteiger charge is -2.40. The highest BCUT2D eigenvalue weighted by Gasteiger charge is 2.36. The number of H-pyrrole nitrogens is 1. The summed E-state index contributed by atoms with van der Waals surface area (Å²) in [6, 6.07) is 11.9. The summed E-state index contributed by atoms with van der Waals surface area (Å²) in [6.07, 6.45) is 0.640. The van der Waals surface area contributed by atoms with Gasteiger partial charge in [0.1, 0.15) is 29.3 Å². The van der Waals surface area contributed by atoms with E-state index in [1.165, 1.54) is 5.56 Å². The zero-order valence-electron chi connectivity index (χ0n) is 21.3. The van der Waals surface area contributed by atoms with Gasteiger partial charge in [-0.1, -0.05) is 29.4 Å². The molecule has 0 saturated heterocycles. The first-order valence-electron chi connectivity index (χ1n) is 12.4. The van der Waals surface area contributed by atoms with Crippen molar-refractivity contribution >= 4 is 28.5 Å².